The minimum atomic E-state index is -0.510. The van der Waals surface area contributed by atoms with Crippen LogP contribution in [0.1, 0.15) is 10.5 Å². The first kappa shape index (κ1) is 20.3. The first-order valence-electron chi connectivity index (χ1n) is 9.88. The lowest BCUT2D eigenvalue weighted by molar-refractivity contribution is -0.892. The highest BCUT2D eigenvalue weighted by Crippen LogP contribution is 2.28. The van der Waals surface area contributed by atoms with Gasteiger partial charge in [0, 0.05) is 21.6 Å². The zero-order chi connectivity index (χ0) is 21.1. The Hall–Kier alpha value is -3.03. The minimum Gasteiger partial charge on any atom is -0.464 e. The van der Waals surface area contributed by atoms with Gasteiger partial charge in [0.15, 0.2) is 6.54 Å². The van der Waals surface area contributed by atoms with Crippen LogP contribution in [0.25, 0.3) is 10.9 Å². The first-order chi connectivity index (χ1) is 14.5. The Morgan fingerprint density at radius 2 is 1.93 bits per heavy atom. The number of quaternary nitrogens is 1. The molecule has 8 heteroatoms. The standard InChI is InChI=1S/C22H23ClN4O3/c1-30-22(29)21-20(17-7-2-3-8-18(17)24-21)25-19(28)14-26-9-11-27(12-10-26)16-6-4-5-15(23)13-16/h2-8,13,24H,9-12,14H2,1H3,(H,25,28)/p+1. The van der Waals surface area contributed by atoms with Crippen molar-refractivity contribution in [2.45, 2.75) is 0 Å². The predicted molar refractivity (Wildman–Crippen MR) is 117 cm³/mol. The minimum absolute atomic E-state index is 0.129. The molecule has 0 unspecified atom stereocenters. The van der Waals surface area contributed by atoms with Crippen molar-refractivity contribution in [3.8, 4) is 0 Å². The number of hydrogen-bond acceptors (Lipinski definition) is 4. The Morgan fingerprint density at radius 3 is 2.67 bits per heavy atom. The fourth-order valence-electron chi connectivity index (χ4n) is 3.87. The molecule has 1 aliphatic rings. The van der Waals surface area contributed by atoms with E-state index in [1.807, 2.05) is 42.5 Å². The highest BCUT2D eigenvalue weighted by atomic mass is 35.5. The lowest BCUT2D eigenvalue weighted by Crippen LogP contribution is -3.15. The topological polar surface area (TPSA) is 78.9 Å². The highest BCUT2D eigenvalue weighted by Gasteiger charge is 2.25. The van der Waals surface area contributed by atoms with E-state index >= 15 is 0 Å². The smallest absolute Gasteiger partial charge is 0.356 e. The summed E-state index contributed by atoms with van der Waals surface area (Å²) in [4.78, 5) is 31.4. The number of nitrogens with zero attached hydrogens (tertiary/aromatic N) is 1. The molecule has 2 heterocycles. The third-order valence-corrected chi connectivity index (χ3v) is 5.65. The Morgan fingerprint density at radius 1 is 1.17 bits per heavy atom. The summed E-state index contributed by atoms with van der Waals surface area (Å²) < 4.78 is 4.86. The van der Waals surface area contributed by atoms with Crippen molar-refractivity contribution in [3.05, 3.63) is 59.2 Å². The third kappa shape index (κ3) is 4.27. The average molecular weight is 428 g/mol. The van der Waals surface area contributed by atoms with Gasteiger partial charge in [0.25, 0.3) is 5.91 Å². The fourth-order valence-corrected chi connectivity index (χ4v) is 4.05. The summed E-state index contributed by atoms with van der Waals surface area (Å²) in [5.74, 6) is -0.639. The first-order valence-corrected chi connectivity index (χ1v) is 10.3. The van der Waals surface area contributed by atoms with E-state index in [0.29, 0.717) is 12.2 Å². The lowest BCUT2D eigenvalue weighted by Gasteiger charge is -2.33. The Bertz CT molecular complexity index is 1070. The largest absolute Gasteiger partial charge is 0.464 e. The van der Waals surface area contributed by atoms with Crippen LogP contribution in [0.3, 0.4) is 0 Å². The number of benzene rings is 2. The van der Waals surface area contributed by atoms with Crippen LogP contribution in [0.4, 0.5) is 11.4 Å². The summed E-state index contributed by atoms with van der Waals surface area (Å²) in [5, 5.41) is 4.43. The summed E-state index contributed by atoms with van der Waals surface area (Å²) in [5.41, 5.74) is 2.61. The monoisotopic (exact) mass is 427 g/mol. The van der Waals surface area contributed by atoms with Gasteiger partial charge in [0.1, 0.15) is 5.69 Å². The van der Waals surface area contributed by atoms with Gasteiger partial charge in [-0.25, -0.2) is 4.79 Å². The zero-order valence-electron chi connectivity index (χ0n) is 16.7. The lowest BCUT2D eigenvalue weighted by atomic mass is 10.2. The van der Waals surface area contributed by atoms with Gasteiger partial charge in [0.2, 0.25) is 0 Å². The van der Waals surface area contributed by atoms with Crippen LogP contribution in [-0.4, -0.2) is 56.7 Å². The maximum absolute atomic E-state index is 12.8. The van der Waals surface area contributed by atoms with Crippen molar-refractivity contribution in [1.29, 1.82) is 0 Å². The maximum atomic E-state index is 12.8. The van der Waals surface area contributed by atoms with Gasteiger partial charge in [-0.15, -0.1) is 0 Å². The number of piperazine rings is 1. The van der Waals surface area contributed by atoms with E-state index in [9.17, 15) is 9.59 Å². The molecule has 156 valence electrons. The van der Waals surface area contributed by atoms with Gasteiger partial charge in [-0.1, -0.05) is 35.9 Å². The van der Waals surface area contributed by atoms with Gasteiger partial charge >= 0.3 is 5.97 Å². The van der Waals surface area contributed by atoms with E-state index < -0.39 is 5.97 Å². The molecule has 1 fully saturated rings. The molecule has 4 rings (SSSR count). The molecule has 0 atom stereocenters. The predicted octanol–water partition coefficient (Wildman–Crippen LogP) is 1.95. The molecule has 7 nitrogen and oxygen atoms in total. The van der Waals surface area contributed by atoms with Crippen LogP contribution in [0.15, 0.2) is 48.5 Å². The summed E-state index contributed by atoms with van der Waals surface area (Å²) in [7, 11) is 1.32. The van der Waals surface area contributed by atoms with Gasteiger partial charge in [-0.2, -0.15) is 0 Å². The number of H-pyrrole nitrogens is 1. The normalized spacial score (nSPS) is 14.7. The van der Waals surface area contributed by atoms with Crippen molar-refractivity contribution in [2.75, 3.05) is 50.1 Å². The van der Waals surface area contributed by atoms with Crippen LogP contribution in [-0.2, 0) is 9.53 Å². The quantitative estimate of drug-likeness (QED) is 0.544. The number of nitrogens with one attached hydrogen (secondary N) is 3. The van der Waals surface area contributed by atoms with E-state index in [4.69, 9.17) is 16.3 Å². The number of carbonyl (C=O) groups excluding carboxylic acids is 2. The number of aromatic nitrogens is 1. The average Bonchev–Trinajstić information content (AvgIpc) is 3.12. The molecule has 30 heavy (non-hydrogen) atoms. The van der Waals surface area contributed by atoms with Crippen LogP contribution >= 0.6 is 11.6 Å². The van der Waals surface area contributed by atoms with Gasteiger partial charge < -0.3 is 24.8 Å². The fraction of sp³-hybridized carbons (Fsp3) is 0.273. The number of methoxy groups -OCH3 is 1. The second-order valence-corrected chi connectivity index (χ2v) is 7.79. The molecule has 0 spiro atoms. The van der Waals surface area contributed by atoms with E-state index in [-0.39, 0.29) is 11.6 Å². The summed E-state index contributed by atoms with van der Waals surface area (Å²) in [6.45, 7) is 3.73. The maximum Gasteiger partial charge on any atom is 0.356 e. The number of aromatic amines is 1. The number of rotatable bonds is 5. The molecular formula is C22H24ClN4O3+. The molecular weight excluding hydrogens is 404 g/mol. The number of anilines is 2. The number of halogens is 1. The van der Waals surface area contributed by atoms with Crippen molar-refractivity contribution in [1.82, 2.24) is 4.98 Å². The van der Waals surface area contributed by atoms with Gasteiger partial charge in [-0.05, 0) is 24.3 Å². The number of hydrogen-bond donors (Lipinski definition) is 3. The molecule has 0 bridgehead atoms. The number of para-hydroxylation sites is 1. The number of ether oxygens (including phenoxy) is 1. The van der Waals surface area contributed by atoms with Gasteiger partial charge in [0.05, 0.1) is 39.0 Å². The van der Waals surface area contributed by atoms with Crippen molar-refractivity contribution < 1.29 is 19.2 Å². The van der Waals surface area contributed by atoms with Crippen LogP contribution in [0.5, 0.6) is 0 Å². The second-order valence-electron chi connectivity index (χ2n) is 7.35. The molecule has 3 aromatic rings. The Labute approximate surface area is 179 Å². The summed E-state index contributed by atoms with van der Waals surface area (Å²) >= 11 is 6.10. The van der Waals surface area contributed by atoms with Gasteiger partial charge in [-0.3, -0.25) is 4.79 Å². The molecule has 0 saturated carbocycles. The number of esters is 1. The van der Waals surface area contributed by atoms with Crippen molar-refractivity contribution >= 4 is 45.8 Å². The van der Waals surface area contributed by atoms with E-state index in [0.717, 1.165) is 47.8 Å². The number of fused-ring (bicyclic) bond motifs is 1. The Balaban J connectivity index is 1.41. The highest BCUT2D eigenvalue weighted by molar-refractivity contribution is 6.30. The molecule has 0 radical (unpaired) electrons. The zero-order valence-corrected chi connectivity index (χ0v) is 17.5. The third-order valence-electron chi connectivity index (χ3n) is 5.41. The summed E-state index contributed by atoms with van der Waals surface area (Å²) in [6, 6.07) is 15.3. The van der Waals surface area contributed by atoms with Crippen LogP contribution in [0.2, 0.25) is 5.02 Å². The van der Waals surface area contributed by atoms with E-state index in [1.165, 1.54) is 12.0 Å². The molecule has 2 aromatic carbocycles. The number of carbonyl (C=O) groups is 2. The summed E-state index contributed by atoms with van der Waals surface area (Å²) in [6.07, 6.45) is 0. The Kier molecular flexibility index (Phi) is 5.92. The molecule has 0 aliphatic carbocycles. The number of amides is 1. The molecule has 1 amide bonds. The van der Waals surface area contributed by atoms with Crippen molar-refractivity contribution in [3.63, 3.8) is 0 Å². The SMILES string of the molecule is COC(=O)c1[nH]c2ccccc2c1NC(=O)C[NH+]1CCN(c2cccc(Cl)c2)CC1. The van der Waals surface area contributed by atoms with E-state index in [1.54, 1.807) is 0 Å². The molecule has 1 saturated heterocycles. The molecule has 1 aliphatic heterocycles. The molecule has 3 N–H and O–H groups in total. The van der Waals surface area contributed by atoms with Crippen LogP contribution < -0.4 is 15.1 Å². The van der Waals surface area contributed by atoms with Crippen LogP contribution in [0, 0.1) is 0 Å². The molecule has 1 aromatic heterocycles. The second kappa shape index (κ2) is 8.77. The van der Waals surface area contributed by atoms with E-state index in [2.05, 4.69) is 21.3 Å². The van der Waals surface area contributed by atoms with Crippen molar-refractivity contribution in [2.24, 2.45) is 0 Å².